The van der Waals surface area contributed by atoms with Crippen molar-refractivity contribution >= 4 is 35.1 Å². The van der Waals surface area contributed by atoms with Gasteiger partial charge in [0, 0.05) is 49.9 Å². The van der Waals surface area contributed by atoms with E-state index in [1.54, 1.807) is 0 Å². The first-order valence-electron chi connectivity index (χ1n) is 9.86. The van der Waals surface area contributed by atoms with Gasteiger partial charge in [0.1, 0.15) is 5.54 Å². The van der Waals surface area contributed by atoms with Crippen LogP contribution in [0.5, 0.6) is 0 Å². The van der Waals surface area contributed by atoms with E-state index in [9.17, 15) is 14.4 Å². The van der Waals surface area contributed by atoms with Gasteiger partial charge < -0.3 is 20.0 Å². The van der Waals surface area contributed by atoms with Gasteiger partial charge in [-0.05, 0) is 45.1 Å². The Balaban J connectivity index is 1.54. The molecule has 1 atom stereocenters. The SMILES string of the molecule is CN(C)CCC1(CCC(=O)N2CCN(c3cccc(Cl)c3)CC2)NC(=O)NC1=O. The van der Waals surface area contributed by atoms with Crippen LogP contribution in [-0.2, 0) is 9.59 Å². The zero-order valence-electron chi connectivity index (χ0n) is 16.9. The van der Waals surface area contributed by atoms with Crippen molar-refractivity contribution in [2.24, 2.45) is 0 Å². The van der Waals surface area contributed by atoms with Crippen molar-refractivity contribution in [3.63, 3.8) is 0 Å². The highest BCUT2D eigenvalue weighted by Gasteiger charge is 2.46. The Hall–Kier alpha value is -2.32. The number of imide groups is 1. The van der Waals surface area contributed by atoms with Crippen LogP contribution in [0.3, 0.4) is 0 Å². The zero-order valence-corrected chi connectivity index (χ0v) is 17.7. The molecule has 0 aliphatic carbocycles. The third-order valence-electron chi connectivity index (χ3n) is 5.57. The van der Waals surface area contributed by atoms with Crippen LogP contribution >= 0.6 is 11.6 Å². The highest BCUT2D eigenvalue weighted by Crippen LogP contribution is 2.24. The summed E-state index contributed by atoms with van der Waals surface area (Å²) >= 11 is 6.07. The molecule has 0 saturated carbocycles. The molecule has 1 aromatic carbocycles. The number of urea groups is 1. The predicted octanol–water partition coefficient (Wildman–Crippen LogP) is 1.30. The van der Waals surface area contributed by atoms with E-state index in [1.165, 1.54) is 0 Å². The lowest BCUT2D eigenvalue weighted by molar-refractivity contribution is -0.132. The summed E-state index contributed by atoms with van der Waals surface area (Å²) in [6.07, 6.45) is 0.984. The number of nitrogens with one attached hydrogen (secondary N) is 2. The number of amides is 4. The number of carbonyl (C=O) groups excluding carboxylic acids is 3. The van der Waals surface area contributed by atoms with Gasteiger partial charge in [0.15, 0.2) is 0 Å². The second-order valence-corrected chi connectivity index (χ2v) is 8.33. The molecule has 1 aromatic rings. The first kappa shape index (κ1) is 21.4. The van der Waals surface area contributed by atoms with Crippen molar-refractivity contribution in [3.8, 4) is 0 Å². The van der Waals surface area contributed by atoms with Crippen molar-refractivity contribution in [1.29, 1.82) is 0 Å². The average Bonchev–Trinajstić information content (AvgIpc) is 2.98. The predicted molar refractivity (Wildman–Crippen MR) is 112 cm³/mol. The number of rotatable bonds is 7. The van der Waals surface area contributed by atoms with Crippen LogP contribution in [0.2, 0.25) is 5.02 Å². The van der Waals surface area contributed by atoms with Gasteiger partial charge in [-0.2, -0.15) is 0 Å². The molecular weight excluding hydrogens is 394 g/mol. The highest BCUT2D eigenvalue weighted by atomic mass is 35.5. The molecule has 2 fully saturated rings. The zero-order chi connectivity index (χ0) is 21.0. The van der Waals surface area contributed by atoms with Crippen LogP contribution in [0, 0.1) is 0 Å². The van der Waals surface area contributed by atoms with Crippen LogP contribution in [0.15, 0.2) is 24.3 Å². The summed E-state index contributed by atoms with van der Waals surface area (Å²) in [5.74, 6) is -0.336. The summed E-state index contributed by atoms with van der Waals surface area (Å²) in [5, 5.41) is 5.76. The third kappa shape index (κ3) is 5.19. The molecule has 0 spiro atoms. The fraction of sp³-hybridized carbons (Fsp3) is 0.550. The first-order chi connectivity index (χ1) is 13.8. The van der Waals surface area contributed by atoms with Crippen molar-refractivity contribution in [2.45, 2.75) is 24.8 Å². The molecule has 1 unspecified atom stereocenters. The van der Waals surface area contributed by atoms with Gasteiger partial charge in [0.25, 0.3) is 5.91 Å². The van der Waals surface area contributed by atoms with E-state index in [1.807, 2.05) is 48.2 Å². The molecule has 9 heteroatoms. The van der Waals surface area contributed by atoms with E-state index in [0.717, 1.165) is 18.8 Å². The lowest BCUT2D eigenvalue weighted by Gasteiger charge is -2.36. The molecular formula is C20H28ClN5O3. The minimum absolute atomic E-state index is 0.00826. The van der Waals surface area contributed by atoms with Gasteiger partial charge in [-0.15, -0.1) is 0 Å². The number of piperazine rings is 1. The maximum Gasteiger partial charge on any atom is 0.322 e. The van der Waals surface area contributed by atoms with Gasteiger partial charge in [0.2, 0.25) is 5.91 Å². The minimum atomic E-state index is -1.01. The van der Waals surface area contributed by atoms with Crippen LogP contribution in [0.1, 0.15) is 19.3 Å². The average molecular weight is 422 g/mol. The van der Waals surface area contributed by atoms with Crippen LogP contribution in [-0.4, -0.2) is 80.0 Å². The fourth-order valence-electron chi connectivity index (χ4n) is 3.78. The molecule has 2 aliphatic rings. The Bertz CT molecular complexity index is 779. The maximum atomic E-state index is 12.8. The Morgan fingerprint density at radius 1 is 1.17 bits per heavy atom. The lowest BCUT2D eigenvalue weighted by atomic mass is 9.89. The molecule has 2 N–H and O–H groups in total. The standard InChI is InChI=1S/C20H28ClN5O3/c1-24(2)9-8-20(18(28)22-19(29)23-20)7-6-17(27)26-12-10-25(11-13-26)16-5-3-4-15(21)14-16/h3-5,14H,6-13H2,1-2H3,(H2,22,23,28,29). The molecule has 2 aliphatic heterocycles. The van der Waals surface area contributed by atoms with Crippen molar-refractivity contribution in [2.75, 3.05) is 51.7 Å². The van der Waals surface area contributed by atoms with E-state index in [4.69, 9.17) is 11.6 Å². The molecule has 0 bridgehead atoms. The highest BCUT2D eigenvalue weighted by molar-refractivity contribution is 6.30. The summed E-state index contributed by atoms with van der Waals surface area (Å²) in [7, 11) is 3.82. The number of hydrogen-bond acceptors (Lipinski definition) is 5. The smallest absolute Gasteiger partial charge is 0.322 e. The van der Waals surface area contributed by atoms with Crippen LogP contribution in [0.25, 0.3) is 0 Å². The van der Waals surface area contributed by atoms with Crippen LogP contribution in [0.4, 0.5) is 10.5 Å². The Kier molecular flexibility index (Phi) is 6.64. The van der Waals surface area contributed by atoms with Crippen molar-refractivity contribution in [3.05, 3.63) is 29.3 Å². The molecule has 0 radical (unpaired) electrons. The summed E-state index contributed by atoms with van der Waals surface area (Å²) in [4.78, 5) is 42.8. The number of hydrogen-bond donors (Lipinski definition) is 2. The molecule has 4 amide bonds. The summed E-state index contributed by atoms with van der Waals surface area (Å²) in [6.45, 7) is 3.34. The summed E-state index contributed by atoms with van der Waals surface area (Å²) in [5.41, 5.74) is 0.0390. The molecule has 0 aromatic heterocycles. The quantitative estimate of drug-likeness (QED) is 0.648. The molecule has 2 saturated heterocycles. The largest absolute Gasteiger partial charge is 0.368 e. The molecule has 8 nitrogen and oxygen atoms in total. The van der Waals surface area contributed by atoms with Crippen molar-refractivity contribution in [1.82, 2.24) is 20.4 Å². The molecule has 2 heterocycles. The van der Waals surface area contributed by atoms with Gasteiger partial charge in [0.05, 0.1) is 0 Å². The number of nitrogens with zero attached hydrogens (tertiary/aromatic N) is 3. The summed E-state index contributed by atoms with van der Waals surface area (Å²) in [6, 6.07) is 7.21. The van der Waals surface area contributed by atoms with E-state index in [0.29, 0.717) is 37.5 Å². The lowest BCUT2D eigenvalue weighted by Crippen LogP contribution is -2.51. The molecule has 158 valence electrons. The number of halogens is 1. The maximum absolute atomic E-state index is 12.8. The normalized spacial score (nSPS) is 22.1. The molecule has 3 rings (SSSR count). The monoisotopic (exact) mass is 421 g/mol. The van der Waals surface area contributed by atoms with Gasteiger partial charge in [-0.25, -0.2) is 4.79 Å². The van der Waals surface area contributed by atoms with Gasteiger partial charge >= 0.3 is 6.03 Å². The topological polar surface area (TPSA) is 85.0 Å². The van der Waals surface area contributed by atoms with E-state index in [2.05, 4.69) is 15.5 Å². The van der Waals surface area contributed by atoms with E-state index < -0.39 is 11.6 Å². The number of benzene rings is 1. The fourth-order valence-corrected chi connectivity index (χ4v) is 3.97. The first-order valence-corrected chi connectivity index (χ1v) is 10.2. The van der Waals surface area contributed by atoms with Crippen molar-refractivity contribution < 1.29 is 14.4 Å². The Morgan fingerprint density at radius 3 is 2.48 bits per heavy atom. The summed E-state index contributed by atoms with van der Waals surface area (Å²) < 4.78 is 0. The number of carbonyl (C=O) groups is 3. The molecule has 29 heavy (non-hydrogen) atoms. The van der Waals surface area contributed by atoms with Crippen LogP contribution < -0.4 is 15.5 Å². The second kappa shape index (κ2) is 9.00. The third-order valence-corrected chi connectivity index (χ3v) is 5.81. The number of anilines is 1. The minimum Gasteiger partial charge on any atom is -0.368 e. The van der Waals surface area contributed by atoms with E-state index in [-0.39, 0.29) is 18.2 Å². The second-order valence-electron chi connectivity index (χ2n) is 7.89. The Morgan fingerprint density at radius 2 is 1.90 bits per heavy atom. The van der Waals surface area contributed by atoms with Gasteiger partial charge in [-0.3, -0.25) is 14.9 Å². The Labute approximate surface area is 176 Å². The van der Waals surface area contributed by atoms with Gasteiger partial charge in [-0.1, -0.05) is 17.7 Å². The van der Waals surface area contributed by atoms with E-state index >= 15 is 0 Å².